The van der Waals surface area contributed by atoms with Gasteiger partial charge in [-0.2, -0.15) is 0 Å². The second kappa shape index (κ2) is 11.6. The van der Waals surface area contributed by atoms with Crippen LogP contribution in [0.2, 0.25) is 0 Å². The van der Waals surface area contributed by atoms with Gasteiger partial charge in [-0.05, 0) is 49.9 Å². The van der Waals surface area contributed by atoms with Gasteiger partial charge in [0.15, 0.2) is 6.23 Å². The maximum Gasteiger partial charge on any atom is 0.319 e. The van der Waals surface area contributed by atoms with Gasteiger partial charge in [0.2, 0.25) is 0 Å². The first kappa shape index (κ1) is 26.4. The normalized spacial score (nSPS) is 25.4. The summed E-state index contributed by atoms with van der Waals surface area (Å²) in [6, 6.07) is 9.60. The van der Waals surface area contributed by atoms with E-state index in [4.69, 9.17) is 15.2 Å². The van der Waals surface area contributed by atoms with Crippen molar-refractivity contribution in [3.8, 4) is 0 Å². The molecule has 4 heterocycles. The summed E-state index contributed by atoms with van der Waals surface area (Å²) in [5.41, 5.74) is 8.64. The highest BCUT2D eigenvalue weighted by atomic mass is 16.6. The Morgan fingerprint density at radius 3 is 2.79 bits per heavy atom. The van der Waals surface area contributed by atoms with Crippen molar-refractivity contribution in [2.45, 2.75) is 70.3 Å². The molecule has 5 rings (SSSR count). The molecule has 2 aliphatic heterocycles. The molecule has 11 nitrogen and oxygen atoms in total. The van der Waals surface area contributed by atoms with Gasteiger partial charge in [0, 0.05) is 31.5 Å². The van der Waals surface area contributed by atoms with Crippen LogP contribution in [0, 0.1) is 0 Å². The van der Waals surface area contributed by atoms with E-state index >= 15 is 0 Å². The van der Waals surface area contributed by atoms with Crippen LogP contribution in [0.1, 0.15) is 44.9 Å². The molecule has 2 aliphatic rings. The Bertz CT molecular complexity index is 1230. The number of nitrogens with two attached hydrogens (primary N) is 1. The minimum atomic E-state index is -0.845. The molecule has 204 valence electrons. The number of carbonyl (C=O) groups excluding carboxylic acids is 1. The molecule has 3 aromatic rings. The van der Waals surface area contributed by atoms with Crippen LogP contribution in [0.4, 0.5) is 16.3 Å². The predicted molar refractivity (Wildman–Crippen MR) is 144 cm³/mol. The Morgan fingerprint density at radius 2 is 2.00 bits per heavy atom. The van der Waals surface area contributed by atoms with Crippen LogP contribution in [-0.4, -0.2) is 74.7 Å². The lowest BCUT2D eigenvalue weighted by atomic mass is 10.1. The van der Waals surface area contributed by atoms with Crippen molar-refractivity contribution in [1.29, 1.82) is 0 Å². The summed E-state index contributed by atoms with van der Waals surface area (Å²) < 4.78 is 14.2. The molecule has 0 saturated carbocycles. The lowest BCUT2D eigenvalue weighted by molar-refractivity contribution is -0.176. The largest absolute Gasteiger partial charge is 0.386 e. The zero-order valence-electron chi connectivity index (χ0n) is 21.9. The second-order valence-electron chi connectivity index (χ2n) is 10.0. The Morgan fingerprint density at radius 1 is 1.18 bits per heavy atom. The quantitative estimate of drug-likeness (QED) is 0.314. The number of nitrogens with zero attached hydrogens (tertiary/aromatic N) is 4. The number of carbonyl (C=O) groups is 1. The first-order valence-corrected chi connectivity index (χ1v) is 13.4. The number of fused-ring (bicyclic) bond motifs is 2. The van der Waals surface area contributed by atoms with E-state index in [1.165, 1.54) is 18.3 Å². The molecule has 5 atom stereocenters. The number of urea groups is 1. The second-order valence-corrected chi connectivity index (χ2v) is 10.0. The molecule has 5 N–H and O–H groups in total. The molecule has 11 heteroatoms. The van der Waals surface area contributed by atoms with Crippen LogP contribution in [0.5, 0.6) is 0 Å². The summed E-state index contributed by atoms with van der Waals surface area (Å²) in [6.07, 6.45) is 4.95. The minimum Gasteiger partial charge on any atom is -0.386 e. The van der Waals surface area contributed by atoms with E-state index in [-0.39, 0.29) is 18.4 Å². The van der Waals surface area contributed by atoms with Crippen LogP contribution in [0.25, 0.3) is 11.0 Å². The third-order valence-electron chi connectivity index (χ3n) is 7.34. The molecule has 0 radical (unpaired) electrons. The molecule has 2 unspecified atom stereocenters. The van der Waals surface area contributed by atoms with Gasteiger partial charge in [-0.1, -0.05) is 25.5 Å². The van der Waals surface area contributed by atoms with E-state index < -0.39 is 18.4 Å². The molecule has 38 heavy (non-hydrogen) atoms. The van der Waals surface area contributed by atoms with Crippen LogP contribution in [0.3, 0.4) is 0 Å². The lowest BCUT2D eigenvalue weighted by Crippen LogP contribution is -2.54. The molecule has 2 saturated heterocycles. The Labute approximate surface area is 222 Å². The molecule has 0 aliphatic carbocycles. The standard InChI is InChI=1S/C27H37N7O4/c1-3-4-6-18-7-9-19(10-8-18)32-27(36)29-12-5-13-33-15-21-23(37-17(33)2)22(35)26(38-21)34-14-11-20-24(28)30-16-31-25(20)34/h7-11,14,16-17,21-23,26,35H,3-6,12-13,15H2,1-2H3,(H2,28,30,31)(H2,29,32,36)/t17?,21?,22-,23-,26-/m1/s1. The highest BCUT2D eigenvalue weighted by molar-refractivity contribution is 5.89. The first-order valence-electron chi connectivity index (χ1n) is 13.4. The third-order valence-corrected chi connectivity index (χ3v) is 7.34. The number of rotatable bonds is 9. The Hall–Kier alpha value is -3.25. The van der Waals surface area contributed by atoms with E-state index in [2.05, 4.69) is 44.6 Å². The van der Waals surface area contributed by atoms with Gasteiger partial charge in [0.05, 0.1) is 5.39 Å². The third kappa shape index (κ3) is 5.60. The topological polar surface area (TPSA) is 140 Å². The summed E-state index contributed by atoms with van der Waals surface area (Å²) in [5, 5.41) is 17.5. The highest BCUT2D eigenvalue weighted by Crippen LogP contribution is 2.37. The fraction of sp³-hybridized carbons (Fsp3) is 0.519. The zero-order chi connectivity index (χ0) is 26.6. The SMILES string of the molecule is CCCCc1ccc(NC(=O)NCCCN2CC3O[C@@H](n4ccc5c(N)ncnc54)[C@H](O)[C@@H]3OC2C)cc1. The average Bonchev–Trinajstić information content (AvgIpc) is 3.48. The number of aryl methyl sites for hydroxylation is 1. The van der Waals surface area contributed by atoms with Crippen LogP contribution in [-0.2, 0) is 15.9 Å². The van der Waals surface area contributed by atoms with E-state index in [1.54, 1.807) is 10.8 Å². The monoisotopic (exact) mass is 523 g/mol. The van der Waals surface area contributed by atoms with Gasteiger partial charge in [-0.25, -0.2) is 14.8 Å². The van der Waals surface area contributed by atoms with E-state index in [0.29, 0.717) is 24.6 Å². The molecular formula is C27H37N7O4. The van der Waals surface area contributed by atoms with E-state index in [1.807, 2.05) is 25.1 Å². The molecule has 0 spiro atoms. The maximum absolute atomic E-state index is 12.3. The van der Waals surface area contributed by atoms with Crippen molar-refractivity contribution in [3.05, 3.63) is 48.4 Å². The van der Waals surface area contributed by atoms with Crippen LogP contribution >= 0.6 is 0 Å². The van der Waals surface area contributed by atoms with Gasteiger partial charge in [0.1, 0.15) is 42.3 Å². The number of nitrogens with one attached hydrogen (secondary N) is 2. The number of aromatic nitrogens is 3. The number of benzene rings is 1. The van der Waals surface area contributed by atoms with Gasteiger partial charge >= 0.3 is 6.03 Å². The number of unbranched alkanes of at least 4 members (excludes halogenated alkanes) is 1. The van der Waals surface area contributed by atoms with Crippen LogP contribution in [0.15, 0.2) is 42.9 Å². The molecule has 2 amide bonds. The minimum absolute atomic E-state index is 0.187. The number of amides is 2. The van der Waals surface area contributed by atoms with Crippen molar-refractivity contribution >= 4 is 28.6 Å². The van der Waals surface area contributed by atoms with Gasteiger partial charge in [-0.3, -0.25) is 4.90 Å². The van der Waals surface area contributed by atoms with E-state index in [9.17, 15) is 9.90 Å². The number of hydrogen-bond acceptors (Lipinski definition) is 8. The summed E-state index contributed by atoms with van der Waals surface area (Å²) in [6.45, 7) is 6.02. The fourth-order valence-corrected chi connectivity index (χ4v) is 5.22. The Kier molecular flexibility index (Phi) is 8.08. The fourth-order valence-electron chi connectivity index (χ4n) is 5.22. The summed E-state index contributed by atoms with van der Waals surface area (Å²) >= 11 is 0. The molecule has 0 bridgehead atoms. The predicted octanol–water partition coefficient (Wildman–Crippen LogP) is 2.87. The summed E-state index contributed by atoms with van der Waals surface area (Å²) in [7, 11) is 0. The van der Waals surface area contributed by atoms with Crippen molar-refractivity contribution < 1.29 is 19.4 Å². The molecular weight excluding hydrogens is 486 g/mol. The van der Waals surface area contributed by atoms with Crippen molar-refractivity contribution in [1.82, 2.24) is 24.8 Å². The number of anilines is 2. The van der Waals surface area contributed by atoms with Crippen LogP contribution < -0.4 is 16.4 Å². The summed E-state index contributed by atoms with van der Waals surface area (Å²) in [4.78, 5) is 22.8. The number of aliphatic hydroxyl groups excluding tert-OH is 1. The maximum atomic E-state index is 12.3. The van der Waals surface area contributed by atoms with Crippen molar-refractivity contribution in [3.63, 3.8) is 0 Å². The zero-order valence-corrected chi connectivity index (χ0v) is 21.9. The van der Waals surface area contributed by atoms with Crippen molar-refractivity contribution in [2.75, 3.05) is 30.7 Å². The van der Waals surface area contributed by atoms with Gasteiger partial charge in [-0.15, -0.1) is 0 Å². The van der Waals surface area contributed by atoms with E-state index in [0.717, 1.165) is 36.9 Å². The number of ether oxygens (including phenoxy) is 2. The number of aliphatic hydroxyl groups is 1. The average molecular weight is 524 g/mol. The smallest absolute Gasteiger partial charge is 0.319 e. The number of nitrogen functional groups attached to an aromatic ring is 1. The number of hydrogen-bond donors (Lipinski definition) is 4. The summed E-state index contributed by atoms with van der Waals surface area (Å²) in [5.74, 6) is 0.386. The molecule has 1 aromatic carbocycles. The van der Waals surface area contributed by atoms with Gasteiger partial charge in [0.25, 0.3) is 0 Å². The molecule has 2 aromatic heterocycles. The lowest BCUT2D eigenvalue weighted by Gasteiger charge is -2.39. The Balaban J connectivity index is 1.09. The molecule has 2 fully saturated rings. The highest BCUT2D eigenvalue weighted by Gasteiger charge is 2.50. The van der Waals surface area contributed by atoms with Gasteiger partial charge < -0.3 is 35.5 Å². The first-order chi connectivity index (χ1) is 18.4. The van der Waals surface area contributed by atoms with Crippen molar-refractivity contribution in [2.24, 2.45) is 0 Å².